The minimum atomic E-state index is -5.04. The molecule has 1 aliphatic rings. The Morgan fingerprint density at radius 1 is 1.33 bits per heavy atom. The molecule has 0 aliphatic carbocycles. The van der Waals surface area contributed by atoms with E-state index in [1.165, 1.54) is 12.3 Å². The Kier molecular flexibility index (Phi) is 4.00. The van der Waals surface area contributed by atoms with Crippen LogP contribution in [0.2, 0.25) is 0 Å². The molecule has 6 nitrogen and oxygen atoms in total. The molecule has 3 heterocycles. The van der Waals surface area contributed by atoms with Gasteiger partial charge >= 0.3 is 12.1 Å². The van der Waals surface area contributed by atoms with Gasteiger partial charge in [-0.3, -0.25) is 9.78 Å². The van der Waals surface area contributed by atoms with E-state index in [0.29, 0.717) is 29.8 Å². The summed E-state index contributed by atoms with van der Waals surface area (Å²) in [5, 5.41) is 2.73. The summed E-state index contributed by atoms with van der Waals surface area (Å²) >= 11 is 0. The van der Waals surface area contributed by atoms with Crippen LogP contribution in [0.1, 0.15) is 21.7 Å². The minimum Gasteiger partial charge on any atom is -0.453 e. The first-order valence-corrected chi connectivity index (χ1v) is 7.04. The molecule has 0 saturated carbocycles. The molecule has 1 aliphatic heterocycles. The third-order valence-electron chi connectivity index (χ3n) is 3.51. The quantitative estimate of drug-likeness (QED) is 0.838. The number of rotatable bonds is 3. The lowest BCUT2D eigenvalue weighted by molar-refractivity contribution is -0.201. The van der Waals surface area contributed by atoms with E-state index in [0.717, 1.165) is 5.69 Å². The SMILES string of the molecule is O=C1NCCc2[nH]c(-c3ccnc(COC(=O)C(F)(F)F)c3)cc21. The lowest BCUT2D eigenvalue weighted by Gasteiger charge is -2.11. The molecule has 2 aromatic heterocycles. The summed E-state index contributed by atoms with van der Waals surface area (Å²) in [5.41, 5.74) is 2.78. The Balaban J connectivity index is 1.79. The molecule has 0 unspecified atom stereocenters. The van der Waals surface area contributed by atoms with E-state index in [9.17, 15) is 22.8 Å². The van der Waals surface area contributed by atoms with Crippen LogP contribution < -0.4 is 5.32 Å². The number of aromatic nitrogens is 2. The van der Waals surface area contributed by atoms with Crippen LogP contribution in [-0.2, 0) is 22.6 Å². The van der Waals surface area contributed by atoms with Crippen molar-refractivity contribution < 1.29 is 27.5 Å². The van der Waals surface area contributed by atoms with Crippen molar-refractivity contribution in [3.63, 3.8) is 0 Å². The fraction of sp³-hybridized carbons (Fsp3) is 0.267. The maximum absolute atomic E-state index is 12.1. The zero-order valence-corrected chi connectivity index (χ0v) is 12.2. The van der Waals surface area contributed by atoms with Gasteiger partial charge in [-0.1, -0.05) is 0 Å². The van der Waals surface area contributed by atoms with Gasteiger partial charge in [0.15, 0.2) is 0 Å². The molecule has 0 radical (unpaired) electrons. The molecular formula is C15H12F3N3O3. The summed E-state index contributed by atoms with van der Waals surface area (Å²) in [6.45, 7) is -0.0477. The Hall–Kier alpha value is -2.84. The largest absolute Gasteiger partial charge is 0.490 e. The van der Waals surface area contributed by atoms with Crippen LogP contribution in [0.5, 0.6) is 0 Å². The van der Waals surface area contributed by atoms with E-state index < -0.39 is 18.8 Å². The Bertz CT molecular complexity index is 799. The van der Waals surface area contributed by atoms with Gasteiger partial charge in [0.1, 0.15) is 6.61 Å². The molecule has 0 spiro atoms. The summed E-state index contributed by atoms with van der Waals surface area (Å²) < 4.78 is 40.6. The fourth-order valence-electron chi connectivity index (χ4n) is 2.39. The first-order valence-electron chi connectivity index (χ1n) is 7.04. The van der Waals surface area contributed by atoms with E-state index in [1.54, 1.807) is 12.1 Å². The predicted molar refractivity (Wildman–Crippen MR) is 75.9 cm³/mol. The van der Waals surface area contributed by atoms with E-state index in [-0.39, 0.29) is 11.6 Å². The van der Waals surface area contributed by atoms with Crippen LogP contribution in [0.4, 0.5) is 13.2 Å². The number of carbonyl (C=O) groups is 2. The predicted octanol–water partition coefficient (Wildman–Crippen LogP) is 1.97. The third kappa shape index (κ3) is 3.24. The average molecular weight is 339 g/mol. The molecular weight excluding hydrogens is 327 g/mol. The van der Waals surface area contributed by atoms with Crippen LogP contribution >= 0.6 is 0 Å². The Morgan fingerprint density at radius 2 is 2.12 bits per heavy atom. The molecule has 0 aromatic carbocycles. The molecule has 0 bridgehead atoms. The summed E-state index contributed by atoms with van der Waals surface area (Å²) in [4.78, 5) is 29.5. The van der Waals surface area contributed by atoms with Gasteiger partial charge in [0.25, 0.3) is 5.91 Å². The number of nitrogens with zero attached hydrogens (tertiary/aromatic N) is 1. The van der Waals surface area contributed by atoms with E-state index in [2.05, 4.69) is 20.0 Å². The summed E-state index contributed by atoms with van der Waals surface area (Å²) in [6.07, 6.45) is -2.97. The Morgan fingerprint density at radius 3 is 2.83 bits per heavy atom. The van der Waals surface area contributed by atoms with Crippen molar-refractivity contribution >= 4 is 11.9 Å². The number of carbonyl (C=O) groups excluding carboxylic acids is 2. The second-order valence-corrected chi connectivity index (χ2v) is 5.19. The highest BCUT2D eigenvalue weighted by Crippen LogP contribution is 2.24. The number of alkyl halides is 3. The van der Waals surface area contributed by atoms with Crippen LogP contribution in [0.15, 0.2) is 24.4 Å². The van der Waals surface area contributed by atoms with Crippen molar-refractivity contribution in [1.29, 1.82) is 0 Å². The molecule has 0 saturated heterocycles. The van der Waals surface area contributed by atoms with Crippen LogP contribution in [0.3, 0.4) is 0 Å². The van der Waals surface area contributed by atoms with Gasteiger partial charge in [0, 0.05) is 36.1 Å². The number of ether oxygens (including phenoxy) is 1. The van der Waals surface area contributed by atoms with Gasteiger partial charge in [0.2, 0.25) is 0 Å². The van der Waals surface area contributed by atoms with Crippen molar-refractivity contribution in [2.75, 3.05) is 6.54 Å². The molecule has 2 aromatic rings. The number of amides is 1. The maximum atomic E-state index is 12.1. The van der Waals surface area contributed by atoms with Crippen molar-refractivity contribution in [1.82, 2.24) is 15.3 Å². The standard InChI is InChI=1S/C15H12F3N3O3/c16-15(17,18)14(23)24-7-9-5-8(1-3-19-9)12-6-10-11(21-12)2-4-20-13(10)22/h1,3,5-6,21H,2,4,7H2,(H,20,22). The number of aromatic amines is 1. The number of nitrogens with one attached hydrogen (secondary N) is 2. The van der Waals surface area contributed by atoms with Gasteiger partial charge in [-0.25, -0.2) is 4.79 Å². The number of fused-ring (bicyclic) bond motifs is 1. The molecule has 3 rings (SSSR count). The minimum absolute atomic E-state index is 0.169. The highest BCUT2D eigenvalue weighted by molar-refractivity contribution is 5.97. The van der Waals surface area contributed by atoms with Crippen LogP contribution in [0.25, 0.3) is 11.3 Å². The average Bonchev–Trinajstić information content (AvgIpc) is 2.97. The topological polar surface area (TPSA) is 84.1 Å². The highest BCUT2D eigenvalue weighted by Gasteiger charge is 2.40. The molecule has 24 heavy (non-hydrogen) atoms. The lowest BCUT2D eigenvalue weighted by Crippen LogP contribution is -2.31. The van der Waals surface area contributed by atoms with Crippen LogP contribution in [0, 0.1) is 0 Å². The second kappa shape index (κ2) is 5.99. The molecule has 126 valence electrons. The zero-order valence-electron chi connectivity index (χ0n) is 12.2. The van der Waals surface area contributed by atoms with Gasteiger partial charge in [-0.15, -0.1) is 0 Å². The third-order valence-corrected chi connectivity index (χ3v) is 3.51. The molecule has 9 heteroatoms. The summed E-state index contributed by atoms with van der Waals surface area (Å²) in [5.74, 6) is -2.44. The molecule has 0 fully saturated rings. The van der Waals surface area contributed by atoms with Crippen molar-refractivity contribution in [3.05, 3.63) is 41.3 Å². The van der Waals surface area contributed by atoms with E-state index >= 15 is 0 Å². The number of pyridine rings is 1. The van der Waals surface area contributed by atoms with Crippen molar-refractivity contribution in [3.8, 4) is 11.3 Å². The van der Waals surface area contributed by atoms with Gasteiger partial charge in [-0.2, -0.15) is 13.2 Å². The summed E-state index contributed by atoms with van der Waals surface area (Å²) in [7, 11) is 0. The normalized spacial score (nSPS) is 14.0. The highest BCUT2D eigenvalue weighted by atomic mass is 19.4. The fourth-order valence-corrected chi connectivity index (χ4v) is 2.39. The van der Waals surface area contributed by atoms with E-state index in [4.69, 9.17) is 0 Å². The van der Waals surface area contributed by atoms with Gasteiger partial charge < -0.3 is 15.0 Å². The number of hydrogen-bond donors (Lipinski definition) is 2. The Labute approximate surface area is 134 Å². The smallest absolute Gasteiger partial charge is 0.453 e. The van der Waals surface area contributed by atoms with E-state index in [1.807, 2.05) is 0 Å². The number of esters is 1. The van der Waals surface area contributed by atoms with Crippen molar-refractivity contribution in [2.24, 2.45) is 0 Å². The lowest BCUT2D eigenvalue weighted by atomic mass is 10.1. The molecule has 0 atom stereocenters. The second-order valence-electron chi connectivity index (χ2n) is 5.19. The van der Waals surface area contributed by atoms with Crippen LogP contribution in [-0.4, -0.2) is 34.6 Å². The zero-order chi connectivity index (χ0) is 17.3. The number of H-pyrrole nitrogens is 1. The maximum Gasteiger partial charge on any atom is 0.490 e. The van der Waals surface area contributed by atoms with Gasteiger partial charge in [0.05, 0.1) is 11.3 Å². The number of halogens is 3. The van der Waals surface area contributed by atoms with Crippen molar-refractivity contribution in [2.45, 2.75) is 19.2 Å². The first-order chi connectivity index (χ1) is 11.3. The monoisotopic (exact) mass is 339 g/mol. The number of hydrogen-bond acceptors (Lipinski definition) is 4. The molecule has 1 amide bonds. The molecule has 2 N–H and O–H groups in total. The van der Waals surface area contributed by atoms with Gasteiger partial charge in [-0.05, 0) is 18.2 Å². The first kappa shape index (κ1) is 16.0. The summed E-state index contributed by atoms with van der Waals surface area (Å²) in [6, 6.07) is 4.81.